The van der Waals surface area contributed by atoms with Crippen LogP contribution in [0, 0.1) is 12.7 Å². The second-order valence-corrected chi connectivity index (χ2v) is 4.97. The Hall–Kier alpha value is -3.29. The van der Waals surface area contributed by atoms with Crippen LogP contribution in [0.15, 0.2) is 42.6 Å². The molecule has 2 aromatic heterocycles. The van der Waals surface area contributed by atoms with Gasteiger partial charge in [-0.3, -0.25) is 4.79 Å². The van der Waals surface area contributed by atoms with Gasteiger partial charge in [0.05, 0.1) is 30.4 Å². The molecule has 0 fully saturated rings. The maximum absolute atomic E-state index is 12.9. The number of nitrogens with one attached hydrogen (secondary N) is 1. The summed E-state index contributed by atoms with van der Waals surface area (Å²) in [4.78, 5) is 16.5. The van der Waals surface area contributed by atoms with Crippen LogP contribution in [0.2, 0.25) is 0 Å². The van der Waals surface area contributed by atoms with Crippen molar-refractivity contribution in [2.24, 2.45) is 0 Å². The van der Waals surface area contributed by atoms with E-state index >= 15 is 0 Å². The number of hydrogen-bond donors (Lipinski definition) is 1. The second kappa shape index (κ2) is 6.45. The summed E-state index contributed by atoms with van der Waals surface area (Å²) in [5.41, 5.74) is 1.91. The molecule has 0 spiro atoms. The quantitative estimate of drug-likeness (QED) is 0.795. The third-order valence-corrected chi connectivity index (χ3v) is 3.33. The number of halogens is 1. The first kappa shape index (κ1) is 15.6. The summed E-state index contributed by atoms with van der Waals surface area (Å²) >= 11 is 0. The van der Waals surface area contributed by atoms with Crippen molar-refractivity contribution in [2.75, 3.05) is 12.4 Å². The van der Waals surface area contributed by atoms with Crippen molar-refractivity contribution in [3.05, 3.63) is 59.8 Å². The van der Waals surface area contributed by atoms with Crippen molar-refractivity contribution in [3.63, 3.8) is 0 Å². The van der Waals surface area contributed by atoms with Crippen molar-refractivity contribution < 1.29 is 13.9 Å². The van der Waals surface area contributed by atoms with Gasteiger partial charge >= 0.3 is 0 Å². The summed E-state index contributed by atoms with van der Waals surface area (Å²) in [7, 11) is 1.52. The average molecular weight is 327 g/mol. The number of aryl methyl sites for hydroxylation is 1. The molecule has 3 aromatic rings. The molecule has 0 radical (unpaired) electrons. The molecule has 0 aliphatic carbocycles. The van der Waals surface area contributed by atoms with Gasteiger partial charge in [-0.1, -0.05) is 5.21 Å². The van der Waals surface area contributed by atoms with E-state index in [0.29, 0.717) is 22.9 Å². The number of aromatic nitrogens is 4. The van der Waals surface area contributed by atoms with Crippen LogP contribution in [0.5, 0.6) is 5.88 Å². The van der Waals surface area contributed by atoms with E-state index in [9.17, 15) is 9.18 Å². The number of carbonyl (C=O) groups is 1. The first-order chi connectivity index (χ1) is 11.6. The van der Waals surface area contributed by atoms with E-state index in [4.69, 9.17) is 4.74 Å². The molecular weight excluding hydrogens is 313 g/mol. The lowest BCUT2D eigenvalue weighted by Gasteiger charge is -2.07. The Morgan fingerprint density at radius 1 is 1.21 bits per heavy atom. The predicted molar refractivity (Wildman–Crippen MR) is 84.8 cm³/mol. The summed E-state index contributed by atoms with van der Waals surface area (Å²) < 4.78 is 19.4. The first-order valence-corrected chi connectivity index (χ1v) is 7.08. The van der Waals surface area contributed by atoms with Crippen LogP contribution in [0.4, 0.5) is 10.1 Å². The highest BCUT2D eigenvalue weighted by molar-refractivity contribution is 6.02. The Bertz CT molecular complexity index is 876. The summed E-state index contributed by atoms with van der Waals surface area (Å²) in [5, 5.41) is 10.4. The molecule has 2 heterocycles. The lowest BCUT2D eigenvalue weighted by molar-refractivity contribution is 0.102. The van der Waals surface area contributed by atoms with Gasteiger partial charge in [0.15, 0.2) is 5.69 Å². The summed E-state index contributed by atoms with van der Waals surface area (Å²) in [6.07, 6.45) is 1.47. The van der Waals surface area contributed by atoms with E-state index in [1.165, 1.54) is 30.1 Å². The Morgan fingerprint density at radius 2 is 1.96 bits per heavy atom. The lowest BCUT2D eigenvalue weighted by atomic mass is 10.3. The monoisotopic (exact) mass is 327 g/mol. The Morgan fingerprint density at radius 3 is 2.62 bits per heavy atom. The molecule has 7 nitrogen and oxygen atoms in total. The number of pyridine rings is 1. The molecule has 122 valence electrons. The highest BCUT2D eigenvalue weighted by Crippen LogP contribution is 2.17. The fraction of sp³-hybridized carbons (Fsp3) is 0.125. The maximum Gasteiger partial charge on any atom is 0.277 e. The number of benzene rings is 1. The van der Waals surface area contributed by atoms with Crippen LogP contribution in [-0.4, -0.2) is 33.0 Å². The number of amides is 1. The van der Waals surface area contributed by atoms with Crippen molar-refractivity contribution in [1.82, 2.24) is 20.0 Å². The van der Waals surface area contributed by atoms with Crippen LogP contribution < -0.4 is 10.1 Å². The fourth-order valence-electron chi connectivity index (χ4n) is 2.06. The smallest absolute Gasteiger partial charge is 0.277 e. The van der Waals surface area contributed by atoms with E-state index in [-0.39, 0.29) is 11.5 Å². The molecule has 0 saturated carbocycles. The van der Waals surface area contributed by atoms with Crippen LogP contribution >= 0.6 is 0 Å². The van der Waals surface area contributed by atoms with Gasteiger partial charge in [-0.25, -0.2) is 14.1 Å². The average Bonchev–Trinajstić information content (AvgIpc) is 3.07. The largest absolute Gasteiger partial charge is 0.481 e. The SMILES string of the molecule is COc1ccc(NC(=O)c2cn(-c3ccc(F)cc3)nn2)c(C)n1. The van der Waals surface area contributed by atoms with Gasteiger partial charge in [-0.2, -0.15) is 0 Å². The van der Waals surface area contributed by atoms with E-state index in [0.717, 1.165) is 0 Å². The molecular formula is C16H14FN5O2. The third-order valence-electron chi connectivity index (χ3n) is 3.33. The zero-order valence-electron chi connectivity index (χ0n) is 13.0. The van der Waals surface area contributed by atoms with Gasteiger partial charge in [0, 0.05) is 6.07 Å². The van der Waals surface area contributed by atoms with Crippen molar-refractivity contribution in [3.8, 4) is 11.6 Å². The van der Waals surface area contributed by atoms with Gasteiger partial charge in [0.2, 0.25) is 5.88 Å². The third kappa shape index (κ3) is 3.22. The zero-order chi connectivity index (χ0) is 17.1. The van der Waals surface area contributed by atoms with E-state index < -0.39 is 5.91 Å². The Labute approximate surface area is 137 Å². The molecule has 0 aliphatic heterocycles. The molecule has 24 heavy (non-hydrogen) atoms. The molecule has 0 aliphatic rings. The van der Waals surface area contributed by atoms with Crippen LogP contribution in [0.25, 0.3) is 5.69 Å². The van der Waals surface area contributed by atoms with Crippen molar-refractivity contribution in [1.29, 1.82) is 0 Å². The number of carbonyl (C=O) groups excluding carboxylic acids is 1. The highest BCUT2D eigenvalue weighted by atomic mass is 19.1. The Balaban J connectivity index is 1.77. The standard InChI is InChI=1S/C16H14FN5O2/c1-10-13(7-8-15(18-10)24-2)19-16(23)14-9-22(21-20-14)12-5-3-11(17)4-6-12/h3-9H,1-2H3,(H,19,23). The normalized spacial score (nSPS) is 10.5. The molecule has 8 heteroatoms. The van der Waals surface area contributed by atoms with E-state index in [1.54, 1.807) is 31.2 Å². The van der Waals surface area contributed by atoms with Crippen molar-refractivity contribution >= 4 is 11.6 Å². The molecule has 1 N–H and O–H groups in total. The summed E-state index contributed by atoms with van der Waals surface area (Å²) in [6, 6.07) is 9.06. The van der Waals surface area contributed by atoms with Crippen molar-refractivity contribution in [2.45, 2.75) is 6.92 Å². The molecule has 1 amide bonds. The topological polar surface area (TPSA) is 81.9 Å². The first-order valence-electron chi connectivity index (χ1n) is 7.08. The molecule has 0 bridgehead atoms. The summed E-state index contributed by atoms with van der Waals surface area (Å²) in [5.74, 6) is -0.300. The molecule has 0 unspecified atom stereocenters. The number of ether oxygens (including phenoxy) is 1. The van der Waals surface area contributed by atoms with Gasteiger partial charge in [0.1, 0.15) is 5.82 Å². The molecule has 3 rings (SSSR count). The second-order valence-electron chi connectivity index (χ2n) is 4.97. The van der Waals surface area contributed by atoms with Crippen LogP contribution in [0.1, 0.15) is 16.2 Å². The predicted octanol–water partition coefficient (Wildman–Crippen LogP) is 2.37. The minimum absolute atomic E-state index is 0.134. The van der Waals surface area contributed by atoms with Gasteiger partial charge < -0.3 is 10.1 Å². The number of rotatable bonds is 4. The van der Waals surface area contributed by atoms with Gasteiger partial charge in [-0.15, -0.1) is 5.10 Å². The number of methoxy groups -OCH3 is 1. The highest BCUT2D eigenvalue weighted by Gasteiger charge is 2.13. The fourth-order valence-corrected chi connectivity index (χ4v) is 2.06. The van der Waals surface area contributed by atoms with E-state index in [1.807, 2.05) is 0 Å². The molecule has 0 atom stereocenters. The summed E-state index contributed by atoms with van der Waals surface area (Å²) in [6.45, 7) is 1.76. The minimum Gasteiger partial charge on any atom is -0.481 e. The zero-order valence-corrected chi connectivity index (χ0v) is 13.0. The van der Waals surface area contributed by atoms with Crippen LogP contribution in [-0.2, 0) is 0 Å². The van der Waals surface area contributed by atoms with Gasteiger partial charge in [-0.05, 0) is 37.3 Å². The number of nitrogens with zero attached hydrogens (tertiary/aromatic N) is 4. The van der Waals surface area contributed by atoms with E-state index in [2.05, 4.69) is 20.6 Å². The minimum atomic E-state index is -0.418. The maximum atomic E-state index is 12.9. The number of anilines is 1. The lowest BCUT2D eigenvalue weighted by Crippen LogP contribution is -2.13. The Kier molecular flexibility index (Phi) is 4.19. The molecule has 1 aromatic carbocycles. The van der Waals surface area contributed by atoms with Crippen LogP contribution in [0.3, 0.4) is 0 Å². The number of hydrogen-bond acceptors (Lipinski definition) is 5. The van der Waals surface area contributed by atoms with Gasteiger partial charge in [0.25, 0.3) is 5.91 Å². The molecule has 0 saturated heterocycles.